The molecule has 38 heavy (non-hydrogen) atoms. The highest BCUT2D eigenvalue weighted by molar-refractivity contribution is 6.30. The Hall–Kier alpha value is -3.57. The van der Waals surface area contributed by atoms with Gasteiger partial charge in [-0.3, -0.25) is 4.79 Å². The monoisotopic (exact) mass is 546 g/mol. The van der Waals surface area contributed by atoms with Gasteiger partial charge in [-0.2, -0.15) is 4.39 Å². The third-order valence-electron chi connectivity index (χ3n) is 6.71. The number of nitrogens with one attached hydrogen (secondary N) is 1. The van der Waals surface area contributed by atoms with Crippen molar-refractivity contribution in [2.75, 3.05) is 26.3 Å². The van der Waals surface area contributed by atoms with Gasteiger partial charge in [-0.15, -0.1) is 0 Å². The molecule has 0 radical (unpaired) electrons. The van der Waals surface area contributed by atoms with Crippen molar-refractivity contribution >= 4 is 39.8 Å². The molecular formula is C26H25ClF2N4O5. The van der Waals surface area contributed by atoms with Gasteiger partial charge in [0.1, 0.15) is 29.2 Å². The molecule has 0 aliphatic carbocycles. The number of nitrogens with zero attached hydrogens (tertiary/aromatic N) is 3. The molecule has 4 heterocycles. The first-order valence-corrected chi connectivity index (χ1v) is 12.5. The van der Waals surface area contributed by atoms with Crippen molar-refractivity contribution in [2.24, 2.45) is 5.92 Å². The van der Waals surface area contributed by atoms with Gasteiger partial charge in [0.05, 0.1) is 18.2 Å². The molecule has 200 valence electrons. The van der Waals surface area contributed by atoms with Crippen LogP contribution >= 0.6 is 11.6 Å². The van der Waals surface area contributed by atoms with Crippen molar-refractivity contribution in [1.29, 1.82) is 0 Å². The number of H-pyrrole nitrogens is 1. The van der Waals surface area contributed by atoms with Crippen LogP contribution in [0.25, 0.3) is 22.1 Å². The van der Waals surface area contributed by atoms with Crippen LogP contribution in [-0.4, -0.2) is 52.2 Å². The zero-order valence-electron chi connectivity index (χ0n) is 20.5. The lowest BCUT2D eigenvalue weighted by molar-refractivity contribution is -0.00463. The molecule has 0 spiro atoms. The predicted octanol–water partition coefficient (Wildman–Crippen LogP) is 5.11. The van der Waals surface area contributed by atoms with E-state index in [-0.39, 0.29) is 61.1 Å². The summed E-state index contributed by atoms with van der Waals surface area (Å²) in [7, 11) is 0. The molecule has 1 amide bonds. The Bertz CT molecular complexity index is 1540. The third-order valence-corrected chi connectivity index (χ3v) is 6.92. The Morgan fingerprint density at radius 1 is 1.34 bits per heavy atom. The molecule has 2 atom stereocenters. The number of para-hydroxylation sites is 1. The fourth-order valence-corrected chi connectivity index (χ4v) is 4.84. The second-order valence-electron chi connectivity index (χ2n) is 9.26. The highest BCUT2D eigenvalue weighted by Gasteiger charge is 2.46. The van der Waals surface area contributed by atoms with Crippen LogP contribution in [0.15, 0.2) is 45.7 Å². The molecule has 0 bridgehead atoms. The molecular weight excluding hydrogens is 522 g/mol. The molecule has 1 fully saturated rings. The van der Waals surface area contributed by atoms with Crippen LogP contribution in [0.1, 0.15) is 31.2 Å². The first-order valence-electron chi connectivity index (χ1n) is 12.2. The average Bonchev–Trinajstić information content (AvgIpc) is 3.28. The minimum atomic E-state index is -1.99. The summed E-state index contributed by atoms with van der Waals surface area (Å²) in [4.78, 5) is 36.9. The van der Waals surface area contributed by atoms with Gasteiger partial charge < -0.3 is 23.8 Å². The summed E-state index contributed by atoms with van der Waals surface area (Å²) in [6.45, 7) is 2.14. The van der Waals surface area contributed by atoms with Gasteiger partial charge >= 0.3 is 6.09 Å². The van der Waals surface area contributed by atoms with E-state index in [9.17, 15) is 14.0 Å². The van der Waals surface area contributed by atoms with Crippen molar-refractivity contribution in [3.63, 3.8) is 0 Å². The van der Waals surface area contributed by atoms with Crippen LogP contribution < -0.4 is 5.56 Å². The van der Waals surface area contributed by atoms with Crippen molar-refractivity contribution in [2.45, 2.75) is 32.0 Å². The molecule has 5 rings (SSSR count). The molecule has 1 aliphatic heterocycles. The topological polar surface area (TPSA) is 111 Å². The van der Waals surface area contributed by atoms with Crippen molar-refractivity contribution in [3.8, 4) is 0 Å². The Kier molecular flexibility index (Phi) is 7.31. The number of likely N-dealkylation sites (tertiary alicyclic amines) is 1. The van der Waals surface area contributed by atoms with E-state index in [0.29, 0.717) is 23.3 Å². The van der Waals surface area contributed by atoms with Gasteiger partial charge in [-0.1, -0.05) is 30.7 Å². The van der Waals surface area contributed by atoms with Crippen LogP contribution in [0.3, 0.4) is 0 Å². The minimum absolute atomic E-state index is 0.0575. The van der Waals surface area contributed by atoms with Gasteiger partial charge in [0, 0.05) is 49.0 Å². The molecule has 1 saturated heterocycles. The molecule has 0 unspecified atom stereocenters. The molecule has 3 aromatic heterocycles. The lowest BCUT2D eigenvalue weighted by Gasteiger charge is -2.41. The quantitative estimate of drug-likeness (QED) is 0.253. The maximum atomic E-state index is 15.7. The van der Waals surface area contributed by atoms with Crippen LogP contribution in [-0.2, 0) is 21.7 Å². The maximum absolute atomic E-state index is 15.7. The van der Waals surface area contributed by atoms with Gasteiger partial charge in [-0.25, -0.2) is 19.2 Å². The number of piperidine rings is 1. The lowest BCUT2D eigenvalue weighted by atomic mass is 9.79. The number of aromatic amines is 1. The number of amides is 1. The van der Waals surface area contributed by atoms with E-state index >= 15 is 4.39 Å². The SMILES string of the molecule is C[C@H]1CN(C(=O)OCCCOCc2nc3c(oc4ccccc43)c(=O)[nH]2)CC[C@]1(F)c1cc(Cl)cnc1F. The van der Waals surface area contributed by atoms with Crippen LogP contribution in [0.2, 0.25) is 5.02 Å². The van der Waals surface area contributed by atoms with Crippen molar-refractivity contribution < 1.29 is 27.5 Å². The highest BCUT2D eigenvalue weighted by atomic mass is 35.5. The number of fused-ring (bicyclic) bond motifs is 3. The Morgan fingerprint density at radius 2 is 2.16 bits per heavy atom. The van der Waals surface area contributed by atoms with Crippen molar-refractivity contribution in [1.82, 2.24) is 19.9 Å². The molecule has 12 heteroatoms. The fourth-order valence-electron chi connectivity index (χ4n) is 4.69. The number of ether oxygens (including phenoxy) is 2. The number of hydrogen-bond donors (Lipinski definition) is 1. The summed E-state index contributed by atoms with van der Waals surface area (Å²) in [5, 5.41) is 0.889. The maximum Gasteiger partial charge on any atom is 0.409 e. The van der Waals surface area contributed by atoms with E-state index in [4.69, 9.17) is 25.5 Å². The predicted molar refractivity (Wildman–Crippen MR) is 135 cm³/mol. The van der Waals surface area contributed by atoms with E-state index in [0.717, 1.165) is 11.6 Å². The van der Waals surface area contributed by atoms with Crippen LogP contribution in [0.5, 0.6) is 0 Å². The normalized spacial score (nSPS) is 19.8. The summed E-state index contributed by atoms with van der Waals surface area (Å²) in [6, 6.07) is 8.50. The number of benzene rings is 1. The fraction of sp³-hybridized carbons (Fsp3) is 0.385. The summed E-state index contributed by atoms with van der Waals surface area (Å²) in [5.74, 6) is -1.24. The van der Waals surface area contributed by atoms with Gasteiger partial charge in [0.15, 0.2) is 0 Å². The van der Waals surface area contributed by atoms with Gasteiger partial charge in [0.2, 0.25) is 11.5 Å². The summed E-state index contributed by atoms with van der Waals surface area (Å²) in [5.41, 5.74) is -1.37. The molecule has 4 aromatic rings. The van der Waals surface area contributed by atoms with E-state index in [1.165, 1.54) is 11.0 Å². The zero-order chi connectivity index (χ0) is 26.9. The Labute approximate surface area is 220 Å². The summed E-state index contributed by atoms with van der Waals surface area (Å²) < 4.78 is 46.4. The van der Waals surface area contributed by atoms with E-state index < -0.39 is 23.6 Å². The molecule has 0 saturated carbocycles. The highest BCUT2D eigenvalue weighted by Crippen LogP contribution is 2.42. The first-order chi connectivity index (χ1) is 18.3. The number of carbonyl (C=O) groups is 1. The second kappa shape index (κ2) is 10.7. The van der Waals surface area contributed by atoms with E-state index in [1.807, 2.05) is 18.2 Å². The van der Waals surface area contributed by atoms with Crippen molar-refractivity contribution in [3.05, 3.63) is 69.2 Å². The number of rotatable bonds is 7. The lowest BCUT2D eigenvalue weighted by Crippen LogP contribution is -2.49. The van der Waals surface area contributed by atoms with Crippen LogP contribution in [0, 0.1) is 11.9 Å². The molecule has 1 aromatic carbocycles. The number of alkyl halides is 1. The second-order valence-corrected chi connectivity index (χ2v) is 9.70. The van der Waals surface area contributed by atoms with Gasteiger partial charge in [0.25, 0.3) is 5.56 Å². The minimum Gasteiger partial charge on any atom is -0.449 e. The number of pyridine rings is 1. The molecule has 1 N–H and O–H groups in total. The third kappa shape index (κ3) is 5.08. The first kappa shape index (κ1) is 26.1. The smallest absolute Gasteiger partial charge is 0.409 e. The number of carbonyl (C=O) groups excluding carboxylic acids is 1. The van der Waals surface area contributed by atoms with Gasteiger partial charge in [-0.05, 0) is 18.2 Å². The number of aromatic nitrogens is 3. The van der Waals surface area contributed by atoms with Crippen LogP contribution in [0.4, 0.5) is 13.6 Å². The van der Waals surface area contributed by atoms with E-state index in [2.05, 4.69) is 15.0 Å². The molecule has 1 aliphatic rings. The largest absolute Gasteiger partial charge is 0.449 e. The Morgan fingerprint density at radius 3 is 2.97 bits per heavy atom. The zero-order valence-corrected chi connectivity index (χ0v) is 21.3. The number of hydrogen-bond acceptors (Lipinski definition) is 7. The van der Waals surface area contributed by atoms with E-state index in [1.54, 1.807) is 13.0 Å². The average molecular weight is 547 g/mol. The standard InChI is InChI=1S/C26H25ClF2N4O5/c1-15-13-33(8-7-26(15,29)18-11-16(27)12-30-23(18)28)25(35)37-10-4-9-36-14-20-31-21-17-5-2-3-6-19(17)38-22(21)24(34)32-20/h2-3,5-6,11-12,15H,4,7-10,13-14H2,1H3,(H,31,32,34)/t15-,26+/m0/s1. The summed E-state index contributed by atoms with van der Waals surface area (Å²) in [6.07, 6.45) is 0.849. The number of halogens is 3. The Balaban J connectivity index is 1.08. The number of furan rings is 1. The summed E-state index contributed by atoms with van der Waals surface area (Å²) >= 11 is 5.89. The molecule has 9 nitrogen and oxygen atoms in total.